The quantitative estimate of drug-likeness (QED) is 0.764. The lowest BCUT2D eigenvalue weighted by Crippen LogP contribution is -2.00. The van der Waals surface area contributed by atoms with Crippen LogP contribution in [0.5, 0.6) is 5.75 Å². The molecule has 0 fully saturated rings. The molecule has 1 N–H and O–H groups in total. The normalized spacial score (nSPS) is 11.6. The average Bonchev–Trinajstić information content (AvgIpc) is 2.99. The predicted octanol–water partition coefficient (Wildman–Crippen LogP) is 4.23. The zero-order valence-corrected chi connectivity index (χ0v) is 12.2. The zero-order chi connectivity index (χ0) is 14.2. The Morgan fingerprint density at radius 2 is 2.30 bits per heavy atom. The Morgan fingerprint density at radius 1 is 1.40 bits per heavy atom. The number of nitrogens with zero attached hydrogens (tertiary/aromatic N) is 1. The number of imidazole rings is 1. The summed E-state index contributed by atoms with van der Waals surface area (Å²) >= 11 is 0. The number of aromatic nitrogens is 2. The highest BCUT2D eigenvalue weighted by molar-refractivity contribution is 5.66. The summed E-state index contributed by atoms with van der Waals surface area (Å²) in [6.07, 6.45) is 8.73. The van der Waals surface area contributed by atoms with Crippen LogP contribution < -0.4 is 4.74 Å². The molecular weight excluding hydrogens is 248 g/mol. The Morgan fingerprint density at radius 3 is 3.00 bits per heavy atom. The first-order valence-corrected chi connectivity index (χ1v) is 7.19. The van der Waals surface area contributed by atoms with Crippen molar-refractivity contribution in [2.75, 3.05) is 6.61 Å². The zero-order valence-electron chi connectivity index (χ0n) is 12.2. The maximum Gasteiger partial charge on any atom is 0.119 e. The standard InChI is InChI=1S/C17H22N2O/c1-3-14(4-2)15-7-5-9-17(11-15)20-10-6-8-16-12-18-13-19-16/h3,5,7,9,11-13H,4,6,8,10H2,1-2H3,(H,18,19). The van der Waals surface area contributed by atoms with E-state index in [0.717, 1.165) is 37.3 Å². The van der Waals surface area contributed by atoms with Gasteiger partial charge in [0, 0.05) is 11.9 Å². The van der Waals surface area contributed by atoms with Gasteiger partial charge in [-0.25, -0.2) is 4.98 Å². The van der Waals surface area contributed by atoms with Crippen molar-refractivity contribution in [3.8, 4) is 5.75 Å². The highest BCUT2D eigenvalue weighted by Gasteiger charge is 2.01. The van der Waals surface area contributed by atoms with E-state index in [1.807, 2.05) is 12.3 Å². The van der Waals surface area contributed by atoms with E-state index in [4.69, 9.17) is 4.74 Å². The minimum absolute atomic E-state index is 0.722. The fourth-order valence-corrected chi connectivity index (χ4v) is 2.23. The van der Waals surface area contributed by atoms with Crippen LogP contribution in [0, 0.1) is 0 Å². The van der Waals surface area contributed by atoms with Gasteiger partial charge in [-0.2, -0.15) is 0 Å². The van der Waals surface area contributed by atoms with Gasteiger partial charge < -0.3 is 9.72 Å². The molecule has 0 saturated carbocycles. The van der Waals surface area contributed by atoms with E-state index < -0.39 is 0 Å². The molecule has 0 radical (unpaired) electrons. The molecule has 0 saturated heterocycles. The number of rotatable bonds is 7. The van der Waals surface area contributed by atoms with E-state index in [2.05, 4.69) is 48.1 Å². The molecule has 0 atom stereocenters. The topological polar surface area (TPSA) is 37.9 Å². The first-order chi connectivity index (χ1) is 9.83. The highest BCUT2D eigenvalue weighted by Crippen LogP contribution is 2.22. The Hall–Kier alpha value is -2.03. The summed E-state index contributed by atoms with van der Waals surface area (Å²) in [6.45, 7) is 4.98. The summed E-state index contributed by atoms with van der Waals surface area (Å²) in [7, 11) is 0. The van der Waals surface area contributed by atoms with Gasteiger partial charge in [0.1, 0.15) is 5.75 Å². The molecule has 2 aromatic rings. The first kappa shape index (κ1) is 14.4. The molecule has 20 heavy (non-hydrogen) atoms. The molecule has 3 nitrogen and oxygen atoms in total. The lowest BCUT2D eigenvalue weighted by Gasteiger charge is -2.09. The van der Waals surface area contributed by atoms with Gasteiger partial charge in [-0.05, 0) is 49.5 Å². The Kier molecular flexibility index (Phi) is 5.42. The smallest absolute Gasteiger partial charge is 0.119 e. The van der Waals surface area contributed by atoms with Crippen molar-refractivity contribution in [3.63, 3.8) is 0 Å². The lowest BCUT2D eigenvalue weighted by atomic mass is 10.0. The van der Waals surface area contributed by atoms with E-state index in [0.29, 0.717) is 0 Å². The largest absolute Gasteiger partial charge is 0.494 e. The van der Waals surface area contributed by atoms with Gasteiger partial charge in [-0.1, -0.05) is 25.1 Å². The van der Waals surface area contributed by atoms with Gasteiger partial charge in [-0.15, -0.1) is 0 Å². The molecular formula is C17H22N2O. The Balaban J connectivity index is 1.85. The molecule has 0 unspecified atom stereocenters. The molecule has 0 bridgehead atoms. The monoisotopic (exact) mass is 270 g/mol. The molecule has 2 rings (SSSR count). The number of allylic oxidation sites excluding steroid dienone is 2. The summed E-state index contributed by atoms with van der Waals surface area (Å²) < 4.78 is 5.82. The van der Waals surface area contributed by atoms with E-state index in [1.54, 1.807) is 6.33 Å². The Bertz CT molecular complexity index is 544. The van der Waals surface area contributed by atoms with Gasteiger partial charge in [-0.3, -0.25) is 0 Å². The van der Waals surface area contributed by atoms with Gasteiger partial charge in [0.15, 0.2) is 0 Å². The second kappa shape index (κ2) is 7.53. The maximum absolute atomic E-state index is 5.82. The number of hydrogen-bond donors (Lipinski definition) is 1. The van der Waals surface area contributed by atoms with E-state index in [1.165, 1.54) is 11.1 Å². The number of ether oxygens (including phenoxy) is 1. The maximum atomic E-state index is 5.82. The molecule has 106 valence electrons. The van der Waals surface area contributed by atoms with Crippen molar-refractivity contribution < 1.29 is 4.74 Å². The van der Waals surface area contributed by atoms with Crippen LogP contribution in [0.25, 0.3) is 5.57 Å². The SMILES string of the molecule is CC=C(CC)c1cccc(OCCCc2cnc[nH]2)c1. The van der Waals surface area contributed by atoms with Crippen molar-refractivity contribution >= 4 is 5.57 Å². The number of aryl methyl sites for hydroxylation is 1. The van der Waals surface area contributed by atoms with Crippen molar-refractivity contribution in [3.05, 3.63) is 54.1 Å². The lowest BCUT2D eigenvalue weighted by molar-refractivity contribution is 0.310. The molecule has 0 amide bonds. The number of nitrogens with one attached hydrogen (secondary N) is 1. The molecule has 3 heteroatoms. The van der Waals surface area contributed by atoms with Crippen molar-refractivity contribution in [1.82, 2.24) is 9.97 Å². The third kappa shape index (κ3) is 3.98. The van der Waals surface area contributed by atoms with Crippen molar-refractivity contribution in [2.45, 2.75) is 33.1 Å². The molecule has 0 aliphatic rings. The third-order valence-corrected chi connectivity index (χ3v) is 3.35. The fourth-order valence-electron chi connectivity index (χ4n) is 2.23. The number of aromatic amines is 1. The van der Waals surface area contributed by atoms with Crippen LogP contribution in [-0.2, 0) is 6.42 Å². The Labute approximate surface area is 120 Å². The minimum Gasteiger partial charge on any atom is -0.494 e. The third-order valence-electron chi connectivity index (χ3n) is 3.35. The van der Waals surface area contributed by atoms with Crippen LogP contribution >= 0.6 is 0 Å². The summed E-state index contributed by atoms with van der Waals surface area (Å²) in [5, 5.41) is 0. The summed E-state index contributed by atoms with van der Waals surface area (Å²) in [6, 6.07) is 8.33. The molecule has 0 aliphatic carbocycles. The van der Waals surface area contributed by atoms with Gasteiger partial charge in [0.25, 0.3) is 0 Å². The molecule has 1 aromatic carbocycles. The van der Waals surface area contributed by atoms with Crippen LogP contribution in [0.3, 0.4) is 0 Å². The van der Waals surface area contributed by atoms with Crippen LogP contribution in [0.2, 0.25) is 0 Å². The van der Waals surface area contributed by atoms with Gasteiger partial charge >= 0.3 is 0 Å². The van der Waals surface area contributed by atoms with Crippen LogP contribution in [-0.4, -0.2) is 16.6 Å². The summed E-state index contributed by atoms with van der Waals surface area (Å²) in [4.78, 5) is 7.11. The van der Waals surface area contributed by atoms with Gasteiger partial charge in [0.2, 0.25) is 0 Å². The van der Waals surface area contributed by atoms with E-state index >= 15 is 0 Å². The number of H-pyrrole nitrogens is 1. The van der Waals surface area contributed by atoms with Crippen LogP contribution in [0.1, 0.15) is 37.9 Å². The first-order valence-electron chi connectivity index (χ1n) is 7.19. The highest BCUT2D eigenvalue weighted by atomic mass is 16.5. The second-order valence-electron chi connectivity index (χ2n) is 4.72. The van der Waals surface area contributed by atoms with Gasteiger partial charge in [0.05, 0.1) is 12.9 Å². The average molecular weight is 270 g/mol. The predicted molar refractivity (Wildman–Crippen MR) is 82.8 cm³/mol. The molecule has 1 heterocycles. The van der Waals surface area contributed by atoms with Crippen LogP contribution in [0.4, 0.5) is 0 Å². The fraction of sp³-hybridized carbons (Fsp3) is 0.353. The second-order valence-corrected chi connectivity index (χ2v) is 4.72. The van der Waals surface area contributed by atoms with Crippen molar-refractivity contribution in [2.24, 2.45) is 0 Å². The van der Waals surface area contributed by atoms with Crippen LogP contribution in [0.15, 0.2) is 42.9 Å². The summed E-state index contributed by atoms with van der Waals surface area (Å²) in [5.74, 6) is 0.944. The van der Waals surface area contributed by atoms with E-state index in [-0.39, 0.29) is 0 Å². The minimum atomic E-state index is 0.722. The summed E-state index contributed by atoms with van der Waals surface area (Å²) in [5.41, 5.74) is 3.76. The van der Waals surface area contributed by atoms with Crippen molar-refractivity contribution in [1.29, 1.82) is 0 Å². The molecule has 0 aliphatic heterocycles. The number of hydrogen-bond acceptors (Lipinski definition) is 2. The molecule has 0 spiro atoms. The van der Waals surface area contributed by atoms with E-state index in [9.17, 15) is 0 Å². The number of benzene rings is 1. The molecule has 1 aromatic heterocycles.